The fourth-order valence-electron chi connectivity index (χ4n) is 2.79. The fraction of sp³-hybridized carbons (Fsp3) is 0.353. The zero-order chi connectivity index (χ0) is 16.2. The van der Waals surface area contributed by atoms with E-state index in [1.807, 2.05) is 11.8 Å². The molecule has 2 aromatic rings. The van der Waals surface area contributed by atoms with E-state index >= 15 is 0 Å². The van der Waals surface area contributed by atoms with Gasteiger partial charge in [0, 0.05) is 31.2 Å². The van der Waals surface area contributed by atoms with E-state index < -0.39 is 0 Å². The Labute approximate surface area is 134 Å². The van der Waals surface area contributed by atoms with Gasteiger partial charge in [0.1, 0.15) is 5.82 Å². The SMILES string of the molecule is Cc1ccc(F)cc1NC(=O)[C@H]1CCCN(c2ncccn2)C1. The number of hydrogen-bond acceptors (Lipinski definition) is 4. The summed E-state index contributed by atoms with van der Waals surface area (Å²) < 4.78 is 13.3. The van der Waals surface area contributed by atoms with Gasteiger partial charge >= 0.3 is 0 Å². The number of nitrogens with zero attached hydrogens (tertiary/aromatic N) is 3. The topological polar surface area (TPSA) is 58.1 Å². The van der Waals surface area contributed by atoms with E-state index in [0.29, 0.717) is 18.2 Å². The van der Waals surface area contributed by atoms with Gasteiger partial charge in [0.2, 0.25) is 11.9 Å². The molecule has 3 rings (SSSR count). The summed E-state index contributed by atoms with van der Waals surface area (Å²) in [6, 6.07) is 6.18. The lowest BCUT2D eigenvalue weighted by Crippen LogP contribution is -2.41. The number of carbonyl (C=O) groups excluding carboxylic acids is 1. The second-order valence-electron chi connectivity index (χ2n) is 5.78. The number of aryl methyl sites for hydroxylation is 1. The largest absolute Gasteiger partial charge is 0.340 e. The molecule has 2 heterocycles. The molecule has 1 amide bonds. The smallest absolute Gasteiger partial charge is 0.229 e. The Morgan fingerprint density at radius 2 is 2.13 bits per heavy atom. The molecule has 5 nitrogen and oxygen atoms in total. The minimum atomic E-state index is -0.353. The predicted molar refractivity (Wildman–Crippen MR) is 86.7 cm³/mol. The third-order valence-electron chi connectivity index (χ3n) is 4.08. The Bertz CT molecular complexity index is 692. The van der Waals surface area contributed by atoms with Crippen molar-refractivity contribution in [2.24, 2.45) is 5.92 Å². The van der Waals surface area contributed by atoms with Crippen LogP contribution in [-0.2, 0) is 4.79 Å². The highest BCUT2D eigenvalue weighted by atomic mass is 19.1. The highest BCUT2D eigenvalue weighted by Gasteiger charge is 2.27. The molecule has 0 saturated carbocycles. The number of benzene rings is 1. The first-order valence-corrected chi connectivity index (χ1v) is 7.72. The van der Waals surface area contributed by atoms with Crippen LogP contribution in [0.1, 0.15) is 18.4 Å². The fourth-order valence-corrected chi connectivity index (χ4v) is 2.79. The zero-order valence-corrected chi connectivity index (χ0v) is 13.0. The molecule has 1 aliphatic rings. The maximum atomic E-state index is 13.3. The summed E-state index contributed by atoms with van der Waals surface area (Å²) in [5.41, 5.74) is 1.38. The summed E-state index contributed by atoms with van der Waals surface area (Å²) >= 11 is 0. The number of hydrogen-bond donors (Lipinski definition) is 1. The summed E-state index contributed by atoms with van der Waals surface area (Å²) in [5.74, 6) is 0.0512. The molecular formula is C17H19FN4O. The van der Waals surface area contributed by atoms with Crippen LogP contribution >= 0.6 is 0 Å². The van der Waals surface area contributed by atoms with Crippen LogP contribution in [0.25, 0.3) is 0 Å². The van der Waals surface area contributed by atoms with E-state index in [0.717, 1.165) is 24.9 Å². The van der Waals surface area contributed by atoms with Gasteiger partial charge < -0.3 is 10.2 Å². The second-order valence-corrected chi connectivity index (χ2v) is 5.78. The van der Waals surface area contributed by atoms with E-state index in [9.17, 15) is 9.18 Å². The third kappa shape index (κ3) is 3.64. The van der Waals surface area contributed by atoms with Gasteiger partial charge in [0.25, 0.3) is 0 Å². The van der Waals surface area contributed by atoms with Crippen molar-refractivity contribution in [3.63, 3.8) is 0 Å². The lowest BCUT2D eigenvalue weighted by Gasteiger charge is -2.32. The summed E-state index contributed by atoms with van der Waals surface area (Å²) in [5, 5.41) is 2.85. The van der Waals surface area contributed by atoms with Gasteiger partial charge in [0.15, 0.2) is 0 Å². The van der Waals surface area contributed by atoms with Crippen LogP contribution in [0.4, 0.5) is 16.0 Å². The van der Waals surface area contributed by atoms with E-state index in [1.165, 1.54) is 12.1 Å². The quantitative estimate of drug-likeness (QED) is 0.946. The van der Waals surface area contributed by atoms with Crippen molar-refractivity contribution in [1.29, 1.82) is 0 Å². The summed E-state index contributed by atoms with van der Waals surface area (Å²) in [6.45, 7) is 3.26. The van der Waals surface area contributed by atoms with Gasteiger partial charge in [-0.1, -0.05) is 6.07 Å². The van der Waals surface area contributed by atoms with Crippen molar-refractivity contribution < 1.29 is 9.18 Å². The van der Waals surface area contributed by atoms with Crippen molar-refractivity contribution in [3.8, 4) is 0 Å². The average Bonchev–Trinajstić information content (AvgIpc) is 2.59. The maximum Gasteiger partial charge on any atom is 0.229 e. The number of piperidine rings is 1. The predicted octanol–water partition coefficient (Wildman–Crippen LogP) is 2.78. The molecule has 1 saturated heterocycles. The zero-order valence-electron chi connectivity index (χ0n) is 13.0. The van der Waals surface area contributed by atoms with E-state index in [4.69, 9.17) is 0 Å². The molecule has 0 spiro atoms. The molecular weight excluding hydrogens is 295 g/mol. The normalized spacial score (nSPS) is 17.8. The first kappa shape index (κ1) is 15.4. The standard InChI is InChI=1S/C17H19FN4O/c1-12-5-6-14(18)10-15(12)21-16(23)13-4-2-9-22(11-13)17-19-7-3-8-20-17/h3,5-8,10,13H,2,4,9,11H2,1H3,(H,21,23)/t13-/m0/s1. The highest BCUT2D eigenvalue weighted by Crippen LogP contribution is 2.23. The Balaban J connectivity index is 1.69. The van der Waals surface area contributed by atoms with Crippen LogP contribution in [0.2, 0.25) is 0 Å². The lowest BCUT2D eigenvalue weighted by atomic mass is 9.97. The van der Waals surface area contributed by atoms with Crippen LogP contribution < -0.4 is 10.2 Å². The Morgan fingerprint density at radius 1 is 1.35 bits per heavy atom. The summed E-state index contributed by atoms with van der Waals surface area (Å²) in [7, 11) is 0. The minimum absolute atomic E-state index is 0.0840. The van der Waals surface area contributed by atoms with Crippen molar-refractivity contribution >= 4 is 17.5 Å². The van der Waals surface area contributed by atoms with Gasteiger partial charge in [-0.05, 0) is 43.5 Å². The number of carbonyl (C=O) groups is 1. The molecule has 1 aromatic carbocycles. The van der Waals surface area contributed by atoms with Crippen LogP contribution in [0.15, 0.2) is 36.7 Å². The number of aromatic nitrogens is 2. The van der Waals surface area contributed by atoms with Gasteiger partial charge in [-0.2, -0.15) is 0 Å². The molecule has 1 atom stereocenters. The van der Waals surface area contributed by atoms with Gasteiger partial charge in [-0.3, -0.25) is 4.79 Å². The van der Waals surface area contributed by atoms with E-state index in [-0.39, 0.29) is 17.6 Å². The van der Waals surface area contributed by atoms with Crippen molar-refractivity contribution in [2.75, 3.05) is 23.3 Å². The van der Waals surface area contributed by atoms with Crippen molar-refractivity contribution in [3.05, 3.63) is 48.0 Å². The minimum Gasteiger partial charge on any atom is -0.340 e. The second kappa shape index (κ2) is 6.73. The number of nitrogens with one attached hydrogen (secondary N) is 1. The average molecular weight is 314 g/mol. The summed E-state index contributed by atoms with van der Waals surface area (Å²) in [4.78, 5) is 23.0. The molecule has 1 N–H and O–H groups in total. The molecule has 0 unspecified atom stereocenters. The van der Waals surface area contributed by atoms with Gasteiger partial charge in [-0.25, -0.2) is 14.4 Å². The van der Waals surface area contributed by atoms with E-state index in [2.05, 4.69) is 15.3 Å². The van der Waals surface area contributed by atoms with Crippen molar-refractivity contribution in [1.82, 2.24) is 9.97 Å². The van der Waals surface area contributed by atoms with Gasteiger partial charge in [-0.15, -0.1) is 0 Å². The molecule has 120 valence electrons. The number of amides is 1. The third-order valence-corrected chi connectivity index (χ3v) is 4.08. The molecule has 0 aliphatic carbocycles. The molecule has 0 bridgehead atoms. The molecule has 1 aromatic heterocycles. The number of rotatable bonds is 3. The van der Waals surface area contributed by atoms with Crippen LogP contribution in [0, 0.1) is 18.7 Å². The Hall–Kier alpha value is -2.50. The molecule has 1 aliphatic heterocycles. The first-order chi connectivity index (χ1) is 11.1. The summed E-state index contributed by atoms with van der Waals surface area (Å²) in [6.07, 6.45) is 5.10. The molecule has 23 heavy (non-hydrogen) atoms. The Kier molecular flexibility index (Phi) is 4.50. The van der Waals surface area contributed by atoms with Gasteiger partial charge in [0.05, 0.1) is 5.92 Å². The van der Waals surface area contributed by atoms with Crippen LogP contribution in [0.5, 0.6) is 0 Å². The molecule has 0 radical (unpaired) electrons. The lowest BCUT2D eigenvalue weighted by molar-refractivity contribution is -0.120. The number of halogens is 1. The highest BCUT2D eigenvalue weighted by molar-refractivity contribution is 5.93. The van der Waals surface area contributed by atoms with E-state index in [1.54, 1.807) is 24.5 Å². The molecule has 6 heteroatoms. The molecule has 1 fully saturated rings. The maximum absolute atomic E-state index is 13.3. The Morgan fingerprint density at radius 3 is 2.91 bits per heavy atom. The van der Waals surface area contributed by atoms with Crippen LogP contribution in [-0.4, -0.2) is 29.0 Å². The monoisotopic (exact) mass is 314 g/mol. The first-order valence-electron chi connectivity index (χ1n) is 7.72. The van der Waals surface area contributed by atoms with Crippen molar-refractivity contribution in [2.45, 2.75) is 19.8 Å². The van der Waals surface area contributed by atoms with Crippen LogP contribution in [0.3, 0.4) is 0 Å². The number of anilines is 2.